The fourth-order valence-electron chi connectivity index (χ4n) is 2.49. The van der Waals surface area contributed by atoms with Crippen LogP contribution >= 0.6 is 0 Å². The van der Waals surface area contributed by atoms with E-state index in [1.807, 2.05) is 0 Å². The Bertz CT molecular complexity index is 411. The molecule has 0 aliphatic heterocycles. The maximum absolute atomic E-state index is 13.1. The van der Waals surface area contributed by atoms with Gasteiger partial charge >= 0.3 is 7.12 Å². The smallest absolute Gasteiger partial charge is 0.491 e. The van der Waals surface area contributed by atoms with Crippen LogP contribution in [0.15, 0.2) is 18.2 Å². The van der Waals surface area contributed by atoms with E-state index in [2.05, 4.69) is 6.92 Å². The van der Waals surface area contributed by atoms with Gasteiger partial charge < -0.3 is 14.8 Å². The third-order valence-corrected chi connectivity index (χ3v) is 3.43. The maximum Gasteiger partial charge on any atom is 0.492 e. The van der Waals surface area contributed by atoms with Crippen LogP contribution in [0, 0.1) is 11.7 Å². The lowest BCUT2D eigenvalue weighted by Gasteiger charge is -2.28. The minimum Gasteiger partial charge on any atom is -0.491 e. The van der Waals surface area contributed by atoms with Gasteiger partial charge in [0, 0.05) is 5.46 Å². The van der Waals surface area contributed by atoms with Gasteiger partial charge in [-0.2, -0.15) is 0 Å². The van der Waals surface area contributed by atoms with Crippen molar-refractivity contribution in [3.05, 3.63) is 24.0 Å². The fourth-order valence-corrected chi connectivity index (χ4v) is 2.49. The number of hydrogen-bond acceptors (Lipinski definition) is 3. The highest BCUT2D eigenvalue weighted by Crippen LogP contribution is 2.27. The zero-order chi connectivity index (χ0) is 13.1. The van der Waals surface area contributed by atoms with Crippen LogP contribution in [-0.4, -0.2) is 23.3 Å². The summed E-state index contributed by atoms with van der Waals surface area (Å²) in [6.07, 6.45) is 4.32. The first-order chi connectivity index (χ1) is 8.56. The van der Waals surface area contributed by atoms with Crippen LogP contribution in [0.1, 0.15) is 32.6 Å². The van der Waals surface area contributed by atoms with E-state index in [4.69, 9.17) is 4.74 Å². The first-order valence-corrected chi connectivity index (χ1v) is 6.38. The summed E-state index contributed by atoms with van der Waals surface area (Å²) >= 11 is 0. The lowest BCUT2D eigenvalue weighted by atomic mass is 9.79. The number of benzene rings is 1. The molecule has 3 nitrogen and oxygen atoms in total. The predicted octanol–water partition coefficient (Wildman–Crippen LogP) is 1.46. The standard InChI is InChI=1S/C13H18BFO3/c1-9-3-2-4-11(7-9)18-13-6-5-10(15)8-12(13)14(16)17/h5-6,8-9,11,16-17H,2-4,7H2,1H3. The molecule has 0 radical (unpaired) electrons. The SMILES string of the molecule is CC1CCCC(Oc2ccc(F)cc2B(O)O)C1. The van der Waals surface area contributed by atoms with Gasteiger partial charge in [0.25, 0.3) is 0 Å². The van der Waals surface area contributed by atoms with Crippen LogP contribution < -0.4 is 10.2 Å². The Balaban J connectivity index is 2.12. The summed E-state index contributed by atoms with van der Waals surface area (Å²) < 4.78 is 18.9. The molecule has 98 valence electrons. The minimum absolute atomic E-state index is 0.0803. The van der Waals surface area contributed by atoms with Gasteiger partial charge in [-0.05, 0) is 43.4 Å². The van der Waals surface area contributed by atoms with Gasteiger partial charge in [-0.15, -0.1) is 0 Å². The third kappa shape index (κ3) is 3.24. The quantitative estimate of drug-likeness (QED) is 0.801. The summed E-state index contributed by atoms with van der Waals surface area (Å²) in [5, 5.41) is 18.4. The van der Waals surface area contributed by atoms with E-state index in [0.29, 0.717) is 11.7 Å². The van der Waals surface area contributed by atoms with Crippen molar-refractivity contribution in [2.45, 2.75) is 38.7 Å². The van der Waals surface area contributed by atoms with E-state index in [0.717, 1.165) is 25.3 Å². The second-order valence-electron chi connectivity index (χ2n) is 5.07. The van der Waals surface area contributed by atoms with Crippen molar-refractivity contribution in [2.75, 3.05) is 0 Å². The lowest BCUT2D eigenvalue weighted by molar-refractivity contribution is 0.130. The number of ether oxygens (including phenoxy) is 1. The van der Waals surface area contributed by atoms with Gasteiger partial charge in [0.2, 0.25) is 0 Å². The van der Waals surface area contributed by atoms with E-state index >= 15 is 0 Å². The largest absolute Gasteiger partial charge is 0.492 e. The molecule has 1 aromatic rings. The van der Waals surface area contributed by atoms with Crippen molar-refractivity contribution in [3.63, 3.8) is 0 Å². The molecule has 2 N–H and O–H groups in total. The number of halogens is 1. The molecular weight excluding hydrogens is 234 g/mol. The highest BCUT2D eigenvalue weighted by molar-refractivity contribution is 6.59. The molecule has 2 atom stereocenters. The topological polar surface area (TPSA) is 49.7 Å². The lowest BCUT2D eigenvalue weighted by Crippen LogP contribution is -2.34. The molecule has 1 aromatic carbocycles. The molecule has 0 spiro atoms. The van der Waals surface area contributed by atoms with Gasteiger partial charge in [0.15, 0.2) is 0 Å². The molecule has 2 unspecified atom stereocenters. The van der Waals surface area contributed by atoms with Crippen LogP contribution in [0.2, 0.25) is 0 Å². The Hall–Kier alpha value is -1.07. The van der Waals surface area contributed by atoms with Crippen molar-refractivity contribution < 1.29 is 19.2 Å². The van der Waals surface area contributed by atoms with Gasteiger partial charge in [0.1, 0.15) is 11.6 Å². The molecule has 5 heteroatoms. The first-order valence-electron chi connectivity index (χ1n) is 6.38. The van der Waals surface area contributed by atoms with Crippen molar-refractivity contribution >= 4 is 12.6 Å². The van der Waals surface area contributed by atoms with E-state index in [-0.39, 0.29) is 11.6 Å². The van der Waals surface area contributed by atoms with Crippen molar-refractivity contribution in [1.29, 1.82) is 0 Å². The Morgan fingerprint density at radius 2 is 2.11 bits per heavy atom. The van der Waals surface area contributed by atoms with E-state index in [9.17, 15) is 14.4 Å². The van der Waals surface area contributed by atoms with E-state index in [1.54, 1.807) is 0 Å². The van der Waals surface area contributed by atoms with Crippen molar-refractivity contribution in [2.24, 2.45) is 5.92 Å². The molecule has 1 aliphatic rings. The van der Waals surface area contributed by atoms with Crippen molar-refractivity contribution in [3.8, 4) is 5.75 Å². The van der Waals surface area contributed by atoms with Crippen LogP contribution in [0.3, 0.4) is 0 Å². The summed E-state index contributed by atoms with van der Waals surface area (Å²) in [4.78, 5) is 0. The summed E-state index contributed by atoms with van der Waals surface area (Å²) in [7, 11) is -1.71. The Morgan fingerprint density at radius 3 is 2.78 bits per heavy atom. The van der Waals surface area contributed by atoms with E-state index in [1.165, 1.54) is 18.6 Å². The summed E-state index contributed by atoms with van der Waals surface area (Å²) in [5.74, 6) is 0.486. The van der Waals surface area contributed by atoms with Crippen LogP contribution in [0.5, 0.6) is 5.75 Å². The van der Waals surface area contributed by atoms with E-state index < -0.39 is 12.9 Å². The average Bonchev–Trinajstić information content (AvgIpc) is 2.31. The second-order valence-corrected chi connectivity index (χ2v) is 5.07. The van der Waals surface area contributed by atoms with Crippen LogP contribution in [0.25, 0.3) is 0 Å². The normalized spacial score (nSPS) is 23.8. The zero-order valence-electron chi connectivity index (χ0n) is 10.5. The molecule has 0 aromatic heterocycles. The Kier molecular flexibility index (Phi) is 4.25. The van der Waals surface area contributed by atoms with Gasteiger partial charge in [-0.1, -0.05) is 13.3 Å². The molecule has 1 fully saturated rings. The summed E-state index contributed by atoms with van der Waals surface area (Å²) in [6.45, 7) is 2.18. The molecule has 1 saturated carbocycles. The van der Waals surface area contributed by atoms with Crippen LogP contribution in [0.4, 0.5) is 4.39 Å². The maximum atomic E-state index is 13.1. The summed E-state index contributed by atoms with van der Waals surface area (Å²) in [5.41, 5.74) is 0.0910. The zero-order valence-corrected chi connectivity index (χ0v) is 10.5. The number of rotatable bonds is 3. The van der Waals surface area contributed by atoms with Gasteiger partial charge in [-0.25, -0.2) is 4.39 Å². The fraction of sp³-hybridized carbons (Fsp3) is 0.538. The number of hydrogen-bond donors (Lipinski definition) is 2. The Labute approximate surface area is 107 Å². The second kappa shape index (κ2) is 5.72. The first kappa shape index (κ1) is 13.4. The molecule has 0 bridgehead atoms. The highest BCUT2D eigenvalue weighted by Gasteiger charge is 2.24. The molecule has 0 heterocycles. The molecule has 0 saturated heterocycles. The van der Waals surface area contributed by atoms with Crippen LogP contribution in [-0.2, 0) is 0 Å². The molecule has 1 aliphatic carbocycles. The molecule has 2 rings (SSSR count). The highest BCUT2D eigenvalue weighted by atomic mass is 19.1. The molecule has 18 heavy (non-hydrogen) atoms. The summed E-state index contributed by atoms with van der Waals surface area (Å²) in [6, 6.07) is 3.84. The minimum atomic E-state index is -1.71. The third-order valence-electron chi connectivity index (χ3n) is 3.43. The Morgan fingerprint density at radius 1 is 1.33 bits per heavy atom. The average molecular weight is 252 g/mol. The van der Waals surface area contributed by atoms with Gasteiger partial charge in [-0.3, -0.25) is 0 Å². The van der Waals surface area contributed by atoms with Gasteiger partial charge in [0.05, 0.1) is 6.10 Å². The molecule has 0 amide bonds. The van der Waals surface area contributed by atoms with Crippen molar-refractivity contribution in [1.82, 2.24) is 0 Å². The molecular formula is C13H18BFO3. The monoisotopic (exact) mass is 252 g/mol. The predicted molar refractivity (Wildman–Crippen MR) is 68.3 cm³/mol.